The maximum absolute atomic E-state index is 13.2. The number of anilines is 2. The Bertz CT molecular complexity index is 1200. The Balaban J connectivity index is 0.000000449. The predicted octanol–water partition coefficient (Wildman–Crippen LogP) is 4.80. The van der Waals surface area contributed by atoms with Crippen molar-refractivity contribution in [3.63, 3.8) is 0 Å². The number of pyridine rings is 1. The molecule has 1 aliphatic rings. The molecule has 0 amide bonds. The van der Waals surface area contributed by atoms with E-state index in [1.54, 1.807) is 6.07 Å². The molecule has 0 saturated carbocycles. The van der Waals surface area contributed by atoms with Crippen LogP contribution in [0.1, 0.15) is 30.5 Å². The molecule has 0 fully saturated rings. The summed E-state index contributed by atoms with van der Waals surface area (Å²) in [5, 5.41) is 8.36. The summed E-state index contributed by atoms with van der Waals surface area (Å²) in [5.41, 5.74) is 7.40. The molecule has 2 heterocycles. The van der Waals surface area contributed by atoms with E-state index in [9.17, 15) is 9.18 Å². The molecule has 4 rings (SSSR count). The molecule has 0 bridgehead atoms. The zero-order valence-corrected chi connectivity index (χ0v) is 22.1. The molecular formula is C27H27BFN2O2Pt-. The van der Waals surface area contributed by atoms with Crippen molar-refractivity contribution < 1.29 is 35.4 Å². The number of ketones is 1. The van der Waals surface area contributed by atoms with Gasteiger partial charge >= 0.3 is 0 Å². The Hall–Kier alpha value is -2.98. The molecule has 34 heavy (non-hydrogen) atoms. The quantitative estimate of drug-likeness (QED) is 0.195. The minimum absolute atomic E-state index is 0. The first-order valence-corrected chi connectivity index (χ1v) is 10.7. The van der Waals surface area contributed by atoms with Gasteiger partial charge < -0.3 is 15.0 Å². The smallest absolute Gasteiger partial charge is 0.212 e. The number of halogens is 1. The monoisotopic (exact) mass is 636 g/mol. The summed E-state index contributed by atoms with van der Waals surface area (Å²) >= 11 is 0. The van der Waals surface area contributed by atoms with Crippen LogP contribution in [0.5, 0.6) is 0 Å². The first kappa shape index (κ1) is 27.3. The molecule has 0 atom stereocenters. The summed E-state index contributed by atoms with van der Waals surface area (Å²) in [6.07, 6.45) is 5.75. The van der Waals surface area contributed by atoms with Crippen molar-refractivity contribution in [1.29, 1.82) is 0 Å². The second kappa shape index (κ2) is 11.9. The summed E-state index contributed by atoms with van der Waals surface area (Å²) in [5.74, 6) is 2.34. The van der Waals surface area contributed by atoms with Gasteiger partial charge in [0.2, 0.25) is 6.71 Å². The molecule has 0 radical (unpaired) electrons. The van der Waals surface area contributed by atoms with Crippen LogP contribution in [0.4, 0.5) is 15.9 Å². The molecule has 2 aromatic carbocycles. The summed E-state index contributed by atoms with van der Waals surface area (Å²) in [7, 11) is 0. The number of aliphatic hydroxyl groups excluding tert-OH is 1. The topological polar surface area (TPSA) is 53.4 Å². The van der Waals surface area contributed by atoms with Crippen LogP contribution in [0.3, 0.4) is 0 Å². The average molecular weight is 636 g/mol. The van der Waals surface area contributed by atoms with Gasteiger partial charge in [0.15, 0.2) is 5.78 Å². The molecule has 4 nitrogen and oxygen atoms in total. The molecular weight excluding hydrogens is 609 g/mol. The van der Waals surface area contributed by atoms with Crippen molar-refractivity contribution in [3.8, 4) is 0 Å². The van der Waals surface area contributed by atoms with Crippen LogP contribution in [0.2, 0.25) is 0 Å². The molecule has 0 aliphatic carbocycles. The predicted molar refractivity (Wildman–Crippen MR) is 133 cm³/mol. The number of allylic oxidation sites excluding steroid dienone is 2. The Labute approximate surface area is 215 Å². The molecule has 1 aromatic heterocycles. The Morgan fingerprint density at radius 3 is 2.26 bits per heavy atom. The third kappa shape index (κ3) is 6.54. The molecule has 1 aliphatic heterocycles. The summed E-state index contributed by atoms with van der Waals surface area (Å²) < 4.78 is 13.2. The number of hydrogen-bond donors (Lipinski definition) is 1. The number of para-hydroxylation sites is 1. The van der Waals surface area contributed by atoms with E-state index in [4.69, 9.17) is 5.11 Å². The Kier molecular flexibility index (Phi) is 9.58. The molecule has 0 spiro atoms. The fourth-order valence-corrected chi connectivity index (χ4v) is 4.17. The van der Waals surface area contributed by atoms with Crippen molar-refractivity contribution in [1.82, 2.24) is 4.98 Å². The summed E-state index contributed by atoms with van der Waals surface area (Å²) in [6.45, 7) is 9.45. The van der Waals surface area contributed by atoms with Crippen LogP contribution >= 0.6 is 0 Å². The number of aryl methyl sites for hydroxylation is 3. The fraction of sp³-hybridized carbons (Fsp3) is 0.185. The number of benzene rings is 2. The average Bonchev–Trinajstić information content (AvgIpc) is 2.73. The maximum atomic E-state index is 13.2. The number of hydrogen-bond acceptors (Lipinski definition) is 4. The fourth-order valence-electron chi connectivity index (χ4n) is 4.17. The molecule has 178 valence electrons. The minimum atomic E-state index is -0.341. The first-order valence-electron chi connectivity index (χ1n) is 10.7. The van der Waals surface area contributed by atoms with Crippen molar-refractivity contribution in [3.05, 3.63) is 101 Å². The third-order valence-corrected chi connectivity index (χ3v) is 5.29. The minimum Gasteiger partial charge on any atom is -0.512 e. The van der Waals surface area contributed by atoms with Gasteiger partial charge in [-0.3, -0.25) is 4.79 Å². The molecule has 1 N–H and O–H groups in total. The van der Waals surface area contributed by atoms with E-state index in [1.165, 1.54) is 59.8 Å². The van der Waals surface area contributed by atoms with Crippen LogP contribution < -0.4 is 15.8 Å². The van der Waals surface area contributed by atoms with Gasteiger partial charge in [-0.05, 0) is 40.7 Å². The number of aliphatic hydroxyl groups is 1. The maximum Gasteiger partial charge on any atom is 0.212 e. The van der Waals surface area contributed by atoms with Gasteiger partial charge in [0.05, 0.1) is 5.76 Å². The van der Waals surface area contributed by atoms with Gasteiger partial charge in [0.1, 0.15) is 5.82 Å². The first-order chi connectivity index (χ1) is 15.7. The number of carbonyl (C=O) groups is 1. The number of carbonyl (C=O) groups excluding carboxylic acids is 1. The summed E-state index contributed by atoms with van der Waals surface area (Å²) in [6, 6.07) is 15.8. The van der Waals surface area contributed by atoms with Gasteiger partial charge in [-0.25, -0.2) is 4.39 Å². The normalized spacial score (nSPS) is 12.4. The van der Waals surface area contributed by atoms with Crippen molar-refractivity contribution in [2.24, 2.45) is 0 Å². The van der Waals surface area contributed by atoms with Crippen molar-refractivity contribution in [2.45, 2.75) is 34.6 Å². The van der Waals surface area contributed by atoms with Crippen LogP contribution in [0.15, 0.2) is 72.5 Å². The van der Waals surface area contributed by atoms with E-state index < -0.39 is 0 Å². The molecule has 7 heteroatoms. The van der Waals surface area contributed by atoms with Crippen molar-refractivity contribution in [2.75, 3.05) is 4.90 Å². The molecule has 3 aromatic rings. The molecule has 0 saturated heterocycles. The van der Waals surface area contributed by atoms with Gasteiger partial charge in [-0.1, -0.05) is 70.3 Å². The van der Waals surface area contributed by atoms with Crippen molar-refractivity contribution >= 4 is 34.9 Å². The zero-order valence-electron chi connectivity index (χ0n) is 19.9. The second-order valence-electron chi connectivity index (χ2n) is 8.21. The zero-order chi connectivity index (χ0) is 24.1. The van der Waals surface area contributed by atoms with E-state index in [0.717, 1.165) is 5.69 Å². The Morgan fingerprint density at radius 2 is 1.74 bits per heavy atom. The van der Waals surface area contributed by atoms with Gasteiger partial charge in [-0.2, -0.15) is 0 Å². The van der Waals surface area contributed by atoms with Gasteiger partial charge in [0, 0.05) is 39.2 Å². The molecule has 0 unspecified atom stereocenters. The van der Waals surface area contributed by atoms with Crippen LogP contribution in [0.25, 0.3) is 0 Å². The van der Waals surface area contributed by atoms with E-state index in [-0.39, 0.29) is 45.1 Å². The largest absolute Gasteiger partial charge is 0.512 e. The van der Waals surface area contributed by atoms with E-state index >= 15 is 0 Å². The standard InChI is InChI=1S/C22H19BFN2.C5H8O2.Pt/c1-15-12-16(2)22(17(3)13-15)23-10-11-26(20-7-5-4-6-19(20)23)21-9-8-18(24)14-25-21;1-4(6)3-5(2)7;/h4-10,12-14H,1-3H3;3,6H,1-2H3;/q-1;;/b;4-3-;. The number of rotatable bonds is 3. The Morgan fingerprint density at radius 1 is 1.09 bits per heavy atom. The van der Waals surface area contributed by atoms with E-state index in [1.807, 2.05) is 11.0 Å². The third-order valence-electron chi connectivity index (χ3n) is 5.29. The number of fused-ring (bicyclic) bond motifs is 1. The van der Waals surface area contributed by atoms with Gasteiger partial charge in [0.25, 0.3) is 0 Å². The van der Waals surface area contributed by atoms with Crippen LogP contribution in [-0.2, 0) is 25.9 Å². The van der Waals surface area contributed by atoms with Crippen LogP contribution in [0, 0.1) is 32.8 Å². The summed E-state index contributed by atoms with van der Waals surface area (Å²) in [4.78, 5) is 16.1. The number of nitrogens with zero attached hydrogens (tertiary/aromatic N) is 2. The van der Waals surface area contributed by atoms with Crippen LogP contribution in [-0.4, -0.2) is 22.6 Å². The van der Waals surface area contributed by atoms with E-state index in [0.29, 0.717) is 5.82 Å². The van der Waals surface area contributed by atoms with Gasteiger partial charge in [-0.15, -0.1) is 17.6 Å². The second-order valence-corrected chi connectivity index (χ2v) is 8.21. The van der Waals surface area contributed by atoms with E-state index in [2.05, 4.69) is 68.3 Å². The SMILES string of the molecule is CC(=O)/C=C(/C)O.Cc1cc(C)c(B2C=[C-]N(c3ccc(F)cn3)c3ccccc32)c(C)c1.[Pt]. The number of aromatic nitrogens is 1.